The maximum absolute atomic E-state index is 13.0. The molecule has 0 aromatic rings. The van der Waals surface area contributed by atoms with Gasteiger partial charge in [-0.15, -0.1) is 6.58 Å². The van der Waals surface area contributed by atoms with Gasteiger partial charge in [0, 0.05) is 13.6 Å². The second-order valence-corrected chi connectivity index (χ2v) is 11.8. The number of carbonyl (C=O) groups is 3. The number of aliphatic hydroxyl groups excluding tert-OH is 1. The van der Waals surface area contributed by atoms with Crippen molar-refractivity contribution in [2.75, 3.05) is 13.6 Å². The molecule has 9 unspecified atom stereocenters. The number of allylic oxidation sites excluding steroid dienone is 4. The van der Waals surface area contributed by atoms with Crippen molar-refractivity contribution in [3.05, 3.63) is 48.3 Å². The molecule has 1 saturated heterocycles. The molecular formula is C30H40N2O4. The van der Waals surface area contributed by atoms with Crippen molar-refractivity contribution in [2.45, 2.75) is 57.9 Å². The first-order valence-electron chi connectivity index (χ1n) is 13.8. The van der Waals surface area contributed by atoms with Gasteiger partial charge in [-0.25, -0.2) is 0 Å². The van der Waals surface area contributed by atoms with Crippen LogP contribution in [0, 0.1) is 47.3 Å². The monoisotopic (exact) mass is 492 g/mol. The summed E-state index contributed by atoms with van der Waals surface area (Å²) >= 11 is 0. The van der Waals surface area contributed by atoms with Crippen molar-refractivity contribution < 1.29 is 19.5 Å². The molecule has 36 heavy (non-hydrogen) atoms. The van der Waals surface area contributed by atoms with E-state index in [2.05, 4.69) is 24.9 Å². The fourth-order valence-electron chi connectivity index (χ4n) is 8.47. The number of amides is 2. The Labute approximate surface area is 214 Å². The first kappa shape index (κ1) is 25.0. The third kappa shape index (κ3) is 4.26. The Morgan fingerprint density at radius 2 is 1.78 bits per heavy atom. The summed E-state index contributed by atoms with van der Waals surface area (Å²) in [6, 6.07) is -0.593. The van der Waals surface area contributed by atoms with E-state index in [9.17, 15) is 19.5 Å². The maximum atomic E-state index is 13.0. The Morgan fingerprint density at radius 3 is 2.56 bits per heavy atom. The number of carbonyl (C=O) groups excluding carboxylic acids is 3. The van der Waals surface area contributed by atoms with Gasteiger partial charge in [-0.05, 0) is 104 Å². The molecule has 6 heteroatoms. The lowest BCUT2D eigenvalue weighted by Crippen LogP contribution is -2.33. The molecule has 0 aromatic heterocycles. The lowest BCUT2D eigenvalue weighted by Gasteiger charge is -2.39. The van der Waals surface area contributed by atoms with Crippen molar-refractivity contribution in [1.82, 2.24) is 10.2 Å². The summed E-state index contributed by atoms with van der Waals surface area (Å²) in [6.07, 6.45) is 16.1. The number of hydrogen-bond acceptors (Lipinski definition) is 4. The molecule has 2 N–H and O–H groups in total. The summed E-state index contributed by atoms with van der Waals surface area (Å²) in [4.78, 5) is 39.7. The number of ketones is 1. The van der Waals surface area contributed by atoms with Crippen LogP contribution in [-0.2, 0) is 14.4 Å². The van der Waals surface area contributed by atoms with Crippen LogP contribution in [0.4, 0.5) is 0 Å². The summed E-state index contributed by atoms with van der Waals surface area (Å²) in [5.74, 6) is 3.45. The molecule has 6 nitrogen and oxygen atoms in total. The number of fused-ring (bicyclic) bond motifs is 7. The highest BCUT2D eigenvalue weighted by atomic mass is 16.3. The summed E-state index contributed by atoms with van der Waals surface area (Å²) in [7, 11) is 1.61. The minimum Gasteiger partial charge on any atom is -0.507 e. The molecule has 0 spiro atoms. The first-order chi connectivity index (χ1) is 17.3. The first-order valence-corrected chi connectivity index (χ1v) is 13.8. The lowest BCUT2D eigenvalue weighted by atomic mass is 9.66. The Balaban J connectivity index is 1.46. The van der Waals surface area contributed by atoms with E-state index >= 15 is 0 Å². The highest BCUT2D eigenvalue weighted by Gasteiger charge is 2.53. The van der Waals surface area contributed by atoms with Gasteiger partial charge in [0.25, 0.3) is 5.91 Å². The van der Waals surface area contributed by atoms with Crippen LogP contribution < -0.4 is 5.32 Å². The van der Waals surface area contributed by atoms with Crippen LogP contribution in [0.5, 0.6) is 0 Å². The van der Waals surface area contributed by atoms with Gasteiger partial charge in [-0.2, -0.15) is 0 Å². The number of aliphatic hydroxyl groups is 1. The van der Waals surface area contributed by atoms with Gasteiger partial charge >= 0.3 is 0 Å². The second-order valence-electron chi connectivity index (χ2n) is 11.8. The van der Waals surface area contributed by atoms with Gasteiger partial charge in [0.1, 0.15) is 11.3 Å². The topological polar surface area (TPSA) is 86.7 Å². The largest absolute Gasteiger partial charge is 0.507 e. The lowest BCUT2D eigenvalue weighted by molar-refractivity contribution is -0.125. The van der Waals surface area contributed by atoms with Crippen LogP contribution in [0.1, 0.15) is 51.9 Å². The minimum absolute atomic E-state index is 0.0970. The van der Waals surface area contributed by atoms with Crippen molar-refractivity contribution in [3.8, 4) is 0 Å². The Hall–Kier alpha value is -2.63. The number of rotatable bonds is 1. The van der Waals surface area contributed by atoms with Gasteiger partial charge in [0.05, 0.1) is 6.04 Å². The molecule has 5 rings (SSSR count). The highest BCUT2D eigenvalue weighted by Crippen LogP contribution is 2.61. The fourth-order valence-corrected chi connectivity index (χ4v) is 8.47. The molecular weight excluding hydrogens is 452 g/mol. The minimum atomic E-state index is -0.593. The van der Waals surface area contributed by atoms with E-state index in [1.165, 1.54) is 24.2 Å². The van der Waals surface area contributed by atoms with E-state index in [0.29, 0.717) is 60.8 Å². The molecule has 4 fully saturated rings. The highest BCUT2D eigenvalue weighted by molar-refractivity contribution is 6.26. The molecule has 194 valence electrons. The molecule has 2 aliphatic heterocycles. The van der Waals surface area contributed by atoms with Crippen molar-refractivity contribution in [1.29, 1.82) is 0 Å². The van der Waals surface area contributed by atoms with E-state index < -0.39 is 11.9 Å². The second kappa shape index (κ2) is 10.0. The van der Waals surface area contributed by atoms with Gasteiger partial charge in [0.15, 0.2) is 5.78 Å². The van der Waals surface area contributed by atoms with Crippen molar-refractivity contribution in [3.63, 3.8) is 0 Å². The standard InChI is InChI=1S/C30H40N2O4/c1-4-19-17(2)15-23-21(19)11-12-22-20-7-5-9-27(34)31-14-6-8-25-29(35)28(30(36)32(25)3)26(33)13-10-18(20)16-24(22)23/h4-5,9-10,13,17-25,33H,1,6-8,11-12,14-16H2,2-3H3,(H,31,34). The number of likely N-dealkylation sites (N-methyl/N-ethyl adjacent to an activating group) is 1. The molecule has 2 bridgehead atoms. The van der Waals surface area contributed by atoms with Crippen molar-refractivity contribution >= 4 is 17.6 Å². The smallest absolute Gasteiger partial charge is 0.261 e. The zero-order valence-corrected chi connectivity index (χ0v) is 21.6. The van der Waals surface area contributed by atoms with E-state index in [4.69, 9.17) is 0 Å². The Bertz CT molecular complexity index is 1030. The maximum Gasteiger partial charge on any atom is 0.261 e. The number of hydrogen-bond donors (Lipinski definition) is 2. The van der Waals surface area contributed by atoms with Crippen LogP contribution in [0.3, 0.4) is 0 Å². The molecule has 0 aromatic carbocycles. The average Bonchev–Trinajstić information content (AvgIpc) is 3.44. The average molecular weight is 493 g/mol. The predicted octanol–water partition coefficient (Wildman–Crippen LogP) is 4.36. The van der Waals surface area contributed by atoms with Crippen LogP contribution in [-0.4, -0.2) is 47.2 Å². The number of Topliss-reactive ketones (excluding diaryl/α,β-unsaturated/α-hetero) is 1. The van der Waals surface area contributed by atoms with Gasteiger partial charge < -0.3 is 15.3 Å². The fraction of sp³-hybridized carbons (Fsp3) is 0.633. The summed E-state index contributed by atoms with van der Waals surface area (Å²) < 4.78 is 0. The summed E-state index contributed by atoms with van der Waals surface area (Å²) in [5.41, 5.74) is -0.0970. The molecule has 0 radical (unpaired) electrons. The predicted molar refractivity (Wildman–Crippen MR) is 139 cm³/mol. The van der Waals surface area contributed by atoms with Crippen LogP contribution in [0.25, 0.3) is 0 Å². The molecule has 5 aliphatic rings. The van der Waals surface area contributed by atoms with Crippen LogP contribution >= 0.6 is 0 Å². The summed E-state index contributed by atoms with van der Waals surface area (Å²) in [5, 5.41) is 13.8. The quantitative estimate of drug-likeness (QED) is 0.421. The molecule has 2 heterocycles. The SMILES string of the molecule is C=CC1C(C)CC2C1CCC1C3CC=CC(=O)NCCCC4C(=O)C(=C(O)C=CC3CC12)C(=O)N4C. The van der Waals surface area contributed by atoms with Crippen LogP contribution in [0.15, 0.2) is 48.3 Å². The van der Waals surface area contributed by atoms with Crippen LogP contribution in [0.2, 0.25) is 0 Å². The van der Waals surface area contributed by atoms with E-state index in [1.54, 1.807) is 19.2 Å². The van der Waals surface area contributed by atoms with Gasteiger partial charge in [0.2, 0.25) is 5.91 Å². The zero-order chi connectivity index (χ0) is 25.6. The Kier molecular flexibility index (Phi) is 6.97. The van der Waals surface area contributed by atoms with Gasteiger partial charge in [-0.3, -0.25) is 14.4 Å². The van der Waals surface area contributed by atoms with E-state index in [0.717, 1.165) is 12.8 Å². The molecule has 2 amide bonds. The van der Waals surface area contributed by atoms with E-state index in [-0.39, 0.29) is 28.9 Å². The third-order valence-electron chi connectivity index (χ3n) is 10.1. The Morgan fingerprint density at radius 1 is 1.03 bits per heavy atom. The third-order valence-corrected chi connectivity index (χ3v) is 10.1. The molecule has 3 aliphatic carbocycles. The van der Waals surface area contributed by atoms with E-state index in [1.807, 2.05) is 12.2 Å². The number of likely N-dealkylation sites (tertiary alicyclic amines) is 1. The number of nitrogens with zero attached hydrogens (tertiary/aromatic N) is 1. The van der Waals surface area contributed by atoms with Crippen molar-refractivity contribution in [2.24, 2.45) is 47.3 Å². The van der Waals surface area contributed by atoms with Gasteiger partial charge in [-0.1, -0.05) is 25.2 Å². The molecule has 9 atom stereocenters. The number of nitrogens with one attached hydrogen (secondary N) is 1. The molecule has 3 saturated carbocycles. The normalized spacial score (nSPS) is 41.2. The zero-order valence-electron chi connectivity index (χ0n) is 21.6. The summed E-state index contributed by atoms with van der Waals surface area (Å²) in [6.45, 7) is 6.95.